The molecule has 3 fully saturated rings. The van der Waals surface area contributed by atoms with Gasteiger partial charge in [-0.2, -0.15) is 0 Å². The van der Waals surface area contributed by atoms with Crippen LogP contribution in [0.5, 0.6) is 5.75 Å². The molecule has 1 saturated carbocycles. The van der Waals surface area contributed by atoms with Crippen LogP contribution in [0.4, 0.5) is 27.6 Å². The predicted molar refractivity (Wildman–Crippen MR) is 142 cm³/mol. The number of benzene rings is 2. The monoisotopic (exact) mass is 642 g/mol. The van der Waals surface area contributed by atoms with E-state index < -0.39 is 98.2 Å². The highest BCUT2D eigenvalue weighted by Gasteiger charge is 2.77. The number of amides is 4. The fourth-order valence-corrected chi connectivity index (χ4v) is 8.13. The number of phenols is 1. The van der Waals surface area contributed by atoms with E-state index in [0.717, 1.165) is 4.90 Å². The number of rotatable bonds is 3. The highest BCUT2D eigenvalue weighted by molar-refractivity contribution is 6.58. The van der Waals surface area contributed by atoms with Crippen LogP contribution in [-0.4, -0.2) is 49.9 Å². The van der Waals surface area contributed by atoms with Crippen LogP contribution in [0.3, 0.4) is 0 Å². The number of nitrogens with zero attached hydrogens (tertiary/aromatic N) is 2. The van der Waals surface area contributed by atoms with Crippen molar-refractivity contribution in [2.75, 3.05) is 11.4 Å². The van der Waals surface area contributed by atoms with Crippen molar-refractivity contribution >= 4 is 52.5 Å². The third kappa shape index (κ3) is 3.47. The third-order valence-corrected chi connectivity index (χ3v) is 10.6. The molecule has 0 radical (unpaired) electrons. The van der Waals surface area contributed by atoms with Gasteiger partial charge < -0.3 is 5.11 Å². The minimum atomic E-state index is -2.68. The number of allylic oxidation sites excluding steroid dienone is 2. The number of likely N-dealkylation sites (tertiary alicyclic amines) is 1. The molecule has 0 aromatic heterocycles. The first-order valence-corrected chi connectivity index (χ1v) is 14.0. The standard InChI is InChI=1S/C29H21Cl2F5N2O5/c1-3-37-24(40)12-8-7-11-14(15(12)25(37)41)9-28(30)26(42)38(22-20(35)18(33)17(32)19(34)21(22)36)27(43)29(28,31)16(11)13-6-4-5-10(2)23(13)39/h4-7,12,14-16,39H,3,8-9H2,1-2H3/t12-,14+,15-,16+,28+,29-/m0/s1. The van der Waals surface area contributed by atoms with E-state index >= 15 is 8.78 Å². The molecule has 43 heavy (non-hydrogen) atoms. The van der Waals surface area contributed by atoms with Gasteiger partial charge in [-0.05, 0) is 38.2 Å². The second-order valence-corrected chi connectivity index (χ2v) is 12.4. The molecule has 7 nitrogen and oxygen atoms in total. The SMILES string of the molecule is CCN1C(=O)[C@H]2[C@H](CC=C3[C@H]2C[C@@]2(Cl)C(=O)N(c4c(F)c(F)c(F)c(F)c4F)C(=O)[C@@]2(Cl)[C@H]3c2cccc(C)c2O)C1=O. The van der Waals surface area contributed by atoms with E-state index in [1.165, 1.54) is 25.1 Å². The van der Waals surface area contributed by atoms with Gasteiger partial charge in [0.05, 0.1) is 11.8 Å². The Bertz CT molecular complexity index is 1690. The van der Waals surface area contributed by atoms with Gasteiger partial charge in [-0.25, -0.2) is 26.9 Å². The number of aryl methyl sites for hydroxylation is 1. The zero-order chi connectivity index (χ0) is 31.5. The van der Waals surface area contributed by atoms with Gasteiger partial charge in [-0.15, -0.1) is 23.2 Å². The number of hydrogen-bond donors (Lipinski definition) is 1. The fraction of sp³-hybridized carbons (Fsp3) is 0.379. The normalized spacial score (nSPS) is 31.8. The molecule has 2 saturated heterocycles. The van der Waals surface area contributed by atoms with Crippen molar-refractivity contribution in [2.45, 2.75) is 42.4 Å². The van der Waals surface area contributed by atoms with Crippen molar-refractivity contribution in [3.63, 3.8) is 0 Å². The van der Waals surface area contributed by atoms with Crippen molar-refractivity contribution < 1.29 is 46.2 Å². The minimum absolute atomic E-state index is 0.0287. The molecule has 6 rings (SSSR count). The lowest BCUT2D eigenvalue weighted by Crippen LogP contribution is -2.60. The zero-order valence-corrected chi connectivity index (χ0v) is 23.9. The maximum Gasteiger partial charge on any atom is 0.258 e. The molecule has 0 spiro atoms. The Morgan fingerprint density at radius 1 is 0.907 bits per heavy atom. The lowest BCUT2D eigenvalue weighted by Gasteiger charge is -2.50. The molecule has 0 bridgehead atoms. The quantitative estimate of drug-likeness (QED) is 0.127. The van der Waals surface area contributed by atoms with Gasteiger partial charge in [0, 0.05) is 18.0 Å². The average molecular weight is 643 g/mol. The van der Waals surface area contributed by atoms with Gasteiger partial charge in [-0.1, -0.05) is 29.8 Å². The Hall–Kier alpha value is -3.51. The van der Waals surface area contributed by atoms with E-state index in [-0.39, 0.29) is 34.8 Å². The number of fused-ring (bicyclic) bond motifs is 4. The molecule has 2 aromatic carbocycles. The highest BCUT2D eigenvalue weighted by Crippen LogP contribution is 2.66. The maximum absolute atomic E-state index is 15.0. The summed E-state index contributed by atoms with van der Waals surface area (Å²) in [6.45, 7) is 3.19. The molecule has 1 N–H and O–H groups in total. The Morgan fingerprint density at radius 2 is 1.51 bits per heavy atom. The van der Waals surface area contributed by atoms with Gasteiger partial charge in [0.1, 0.15) is 11.4 Å². The van der Waals surface area contributed by atoms with Crippen LogP contribution >= 0.6 is 23.2 Å². The summed E-state index contributed by atoms with van der Waals surface area (Å²) in [4.78, 5) is 50.2. The first-order valence-electron chi connectivity index (χ1n) is 13.3. The zero-order valence-electron chi connectivity index (χ0n) is 22.4. The smallest absolute Gasteiger partial charge is 0.258 e. The molecule has 4 aliphatic rings. The fourth-order valence-electron chi connectivity index (χ4n) is 7.20. The summed E-state index contributed by atoms with van der Waals surface area (Å²) in [5.41, 5.74) is -1.30. The lowest BCUT2D eigenvalue weighted by atomic mass is 9.56. The van der Waals surface area contributed by atoms with E-state index in [1.54, 1.807) is 13.0 Å². The van der Waals surface area contributed by atoms with Crippen LogP contribution in [0.1, 0.15) is 36.8 Å². The molecule has 6 atom stereocenters. The van der Waals surface area contributed by atoms with E-state index in [1.807, 2.05) is 0 Å². The molecule has 4 amide bonds. The Morgan fingerprint density at radius 3 is 2.12 bits per heavy atom. The van der Waals surface area contributed by atoms with Gasteiger partial charge in [0.25, 0.3) is 11.8 Å². The Kier molecular flexibility index (Phi) is 6.53. The van der Waals surface area contributed by atoms with Gasteiger partial charge in [0.15, 0.2) is 33.0 Å². The van der Waals surface area contributed by atoms with Crippen molar-refractivity contribution in [1.29, 1.82) is 0 Å². The van der Waals surface area contributed by atoms with Crippen molar-refractivity contribution in [1.82, 2.24) is 4.90 Å². The molecular formula is C29H21Cl2F5N2O5. The summed E-state index contributed by atoms with van der Waals surface area (Å²) < 4.78 is 72.4. The topological polar surface area (TPSA) is 95.0 Å². The molecule has 14 heteroatoms. The van der Waals surface area contributed by atoms with Gasteiger partial charge in [-0.3, -0.25) is 24.1 Å². The van der Waals surface area contributed by atoms with Crippen LogP contribution in [-0.2, 0) is 19.2 Å². The number of carbonyl (C=O) groups excluding carboxylic acids is 4. The molecule has 2 aromatic rings. The summed E-state index contributed by atoms with van der Waals surface area (Å²) in [5, 5.41) is 11.1. The molecule has 2 aliphatic carbocycles. The molecular weight excluding hydrogens is 622 g/mol. The maximum atomic E-state index is 15.0. The van der Waals surface area contributed by atoms with Crippen LogP contribution in [0, 0.1) is 53.8 Å². The minimum Gasteiger partial charge on any atom is -0.507 e. The van der Waals surface area contributed by atoms with E-state index in [2.05, 4.69) is 0 Å². The average Bonchev–Trinajstić information content (AvgIpc) is 3.31. The predicted octanol–water partition coefficient (Wildman–Crippen LogP) is 4.98. The van der Waals surface area contributed by atoms with E-state index in [9.17, 15) is 37.5 Å². The second kappa shape index (κ2) is 9.49. The first kappa shape index (κ1) is 29.6. The number of para-hydroxylation sites is 1. The Labute approximate surface area is 250 Å². The van der Waals surface area contributed by atoms with E-state index in [4.69, 9.17) is 23.2 Å². The number of aromatic hydroxyl groups is 1. The molecule has 2 aliphatic heterocycles. The third-order valence-electron chi connectivity index (χ3n) is 9.21. The van der Waals surface area contributed by atoms with Crippen LogP contribution in [0.25, 0.3) is 0 Å². The number of hydrogen-bond acceptors (Lipinski definition) is 5. The van der Waals surface area contributed by atoms with E-state index in [0.29, 0.717) is 5.56 Å². The van der Waals surface area contributed by atoms with Crippen LogP contribution < -0.4 is 4.90 Å². The largest absolute Gasteiger partial charge is 0.507 e. The molecule has 226 valence electrons. The summed E-state index contributed by atoms with van der Waals surface area (Å²) in [7, 11) is 0. The van der Waals surface area contributed by atoms with Gasteiger partial charge >= 0.3 is 0 Å². The molecule has 2 heterocycles. The van der Waals surface area contributed by atoms with Crippen molar-refractivity contribution in [3.8, 4) is 5.75 Å². The number of anilines is 1. The van der Waals surface area contributed by atoms with Crippen LogP contribution in [0.2, 0.25) is 0 Å². The van der Waals surface area contributed by atoms with Gasteiger partial charge in [0.2, 0.25) is 17.6 Å². The number of carbonyl (C=O) groups is 4. The number of halogens is 7. The second-order valence-electron chi connectivity index (χ2n) is 11.1. The van der Waals surface area contributed by atoms with Crippen LogP contribution in [0.15, 0.2) is 29.8 Å². The van der Waals surface area contributed by atoms with Crippen molar-refractivity contribution in [3.05, 3.63) is 70.1 Å². The number of alkyl halides is 2. The molecule has 0 unspecified atom stereocenters. The first-order chi connectivity index (χ1) is 20.1. The van der Waals surface area contributed by atoms with Crippen molar-refractivity contribution in [2.24, 2.45) is 17.8 Å². The number of imide groups is 2. The number of phenolic OH excluding ortho intramolecular Hbond substituents is 1. The Balaban J connectivity index is 1.63. The summed E-state index contributed by atoms with van der Waals surface area (Å²) in [6.07, 6.45) is 1.01. The highest BCUT2D eigenvalue weighted by atomic mass is 35.5. The lowest BCUT2D eigenvalue weighted by molar-refractivity contribution is -0.140. The summed E-state index contributed by atoms with van der Waals surface area (Å²) in [5.74, 6) is -21.2. The summed E-state index contributed by atoms with van der Waals surface area (Å²) >= 11 is 14.0. The summed E-state index contributed by atoms with van der Waals surface area (Å²) in [6, 6.07) is 4.41.